The molecule has 0 atom stereocenters. The molecule has 2 aromatic rings. The van der Waals surface area contributed by atoms with Gasteiger partial charge in [0.2, 0.25) is 0 Å². The summed E-state index contributed by atoms with van der Waals surface area (Å²) in [7, 11) is 0. The van der Waals surface area contributed by atoms with E-state index in [1.807, 2.05) is 35.0 Å². The summed E-state index contributed by atoms with van der Waals surface area (Å²) in [5, 5.41) is 10.7. The Labute approximate surface area is 149 Å². The third kappa shape index (κ3) is 4.36. The maximum absolute atomic E-state index is 12.5. The summed E-state index contributed by atoms with van der Waals surface area (Å²) in [4.78, 5) is 12.5. The molecule has 1 heterocycles. The largest absolute Gasteiger partial charge is 0.351 e. The first-order valence-electron chi connectivity index (χ1n) is 8.43. The zero-order valence-electron chi connectivity index (χ0n) is 14.0. The van der Waals surface area contributed by atoms with Crippen molar-refractivity contribution in [2.45, 2.75) is 32.1 Å². The van der Waals surface area contributed by atoms with Gasteiger partial charge in [0.05, 0.1) is 23.1 Å². The Hall–Kier alpha value is -1.85. The van der Waals surface area contributed by atoms with Gasteiger partial charge in [-0.1, -0.05) is 25.1 Å². The highest BCUT2D eigenvalue weighted by Crippen LogP contribution is 2.42. The summed E-state index contributed by atoms with van der Waals surface area (Å²) in [5.41, 5.74) is 2.78. The maximum Gasteiger partial charge on any atom is 0.254 e. The second-order valence-corrected chi connectivity index (χ2v) is 5.97. The van der Waals surface area contributed by atoms with Gasteiger partial charge in [0.1, 0.15) is 0 Å². The van der Waals surface area contributed by atoms with Crippen LogP contribution >= 0.6 is 12.4 Å². The van der Waals surface area contributed by atoms with E-state index >= 15 is 0 Å². The maximum atomic E-state index is 12.5. The van der Waals surface area contributed by atoms with Crippen molar-refractivity contribution in [3.63, 3.8) is 0 Å². The van der Waals surface area contributed by atoms with Crippen LogP contribution in [0.4, 0.5) is 0 Å². The summed E-state index contributed by atoms with van der Waals surface area (Å²) in [6.45, 7) is 4.55. The SMILES string of the molecule is CCCNCCNC(=O)c1cnn(-c2ccccc2)c1C1CC1.Cl. The Morgan fingerprint density at radius 2 is 1.96 bits per heavy atom. The normalized spacial score (nSPS) is 13.4. The smallest absolute Gasteiger partial charge is 0.254 e. The van der Waals surface area contributed by atoms with Crippen molar-refractivity contribution in [2.75, 3.05) is 19.6 Å². The number of hydrogen-bond acceptors (Lipinski definition) is 3. The van der Waals surface area contributed by atoms with Crippen LogP contribution in [0.3, 0.4) is 0 Å². The molecule has 0 saturated heterocycles. The molecule has 1 saturated carbocycles. The fourth-order valence-corrected chi connectivity index (χ4v) is 2.72. The minimum atomic E-state index is -0.0209. The zero-order chi connectivity index (χ0) is 16.1. The Bertz CT molecular complexity index is 652. The Balaban J connectivity index is 0.00000208. The van der Waals surface area contributed by atoms with E-state index in [9.17, 15) is 4.79 Å². The Morgan fingerprint density at radius 1 is 1.21 bits per heavy atom. The number of nitrogens with one attached hydrogen (secondary N) is 2. The predicted octanol–water partition coefficient (Wildman–Crippen LogP) is 2.90. The van der Waals surface area contributed by atoms with Crippen molar-refractivity contribution in [1.29, 1.82) is 0 Å². The molecule has 0 aliphatic heterocycles. The first kappa shape index (κ1) is 18.5. The summed E-state index contributed by atoms with van der Waals surface area (Å²) >= 11 is 0. The molecule has 1 fully saturated rings. The topological polar surface area (TPSA) is 58.9 Å². The molecule has 0 bridgehead atoms. The number of aromatic nitrogens is 2. The van der Waals surface area contributed by atoms with Crippen molar-refractivity contribution in [2.24, 2.45) is 0 Å². The molecule has 1 aliphatic rings. The van der Waals surface area contributed by atoms with E-state index < -0.39 is 0 Å². The van der Waals surface area contributed by atoms with Gasteiger partial charge in [0.15, 0.2) is 0 Å². The van der Waals surface area contributed by atoms with Gasteiger partial charge >= 0.3 is 0 Å². The molecule has 0 radical (unpaired) electrons. The lowest BCUT2D eigenvalue weighted by molar-refractivity contribution is 0.0953. The predicted molar refractivity (Wildman–Crippen MR) is 98.3 cm³/mol. The average Bonchev–Trinajstić information content (AvgIpc) is 3.33. The number of rotatable bonds is 8. The quantitative estimate of drug-likeness (QED) is 0.721. The van der Waals surface area contributed by atoms with Gasteiger partial charge in [0.25, 0.3) is 5.91 Å². The molecule has 24 heavy (non-hydrogen) atoms. The van der Waals surface area contributed by atoms with Crippen LogP contribution in [0.25, 0.3) is 5.69 Å². The van der Waals surface area contributed by atoms with Crippen molar-refractivity contribution < 1.29 is 4.79 Å². The monoisotopic (exact) mass is 348 g/mol. The molecular weight excluding hydrogens is 324 g/mol. The third-order valence-corrected chi connectivity index (χ3v) is 4.03. The first-order chi connectivity index (χ1) is 11.3. The van der Waals surface area contributed by atoms with Crippen LogP contribution in [0.15, 0.2) is 36.5 Å². The highest BCUT2D eigenvalue weighted by Gasteiger charge is 2.32. The van der Waals surface area contributed by atoms with Gasteiger partial charge in [-0.15, -0.1) is 12.4 Å². The van der Waals surface area contributed by atoms with Crippen LogP contribution in [-0.4, -0.2) is 35.3 Å². The minimum absolute atomic E-state index is 0. The Kier molecular flexibility index (Phi) is 6.82. The van der Waals surface area contributed by atoms with Crippen molar-refractivity contribution in [3.8, 4) is 5.69 Å². The number of benzene rings is 1. The van der Waals surface area contributed by atoms with Gasteiger partial charge in [-0.3, -0.25) is 4.79 Å². The molecule has 3 rings (SSSR count). The van der Waals surface area contributed by atoms with E-state index in [1.54, 1.807) is 6.20 Å². The van der Waals surface area contributed by atoms with E-state index in [0.29, 0.717) is 18.0 Å². The highest BCUT2D eigenvalue weighted by atomic mass is 35.5. The minimum Gasteiger partial charge on any atom is -0.351 e. The molecule has 5 nitrogen and oxygen atoms in total. The molecule has 6 heteroatoms. The number of amides is 1. The summed E-state index contributed by atoms with van der Waals surface area (Å²) in [6, 6.07) is 10.0. The van der Waals surface area contributed by atoms with Crippen LogP contribution in [-0.2, 0) is 0 Å². The van der Waals surface area contributed by atoms with E-state index in [1.165, 1.54) is 0 Å². The lowest BCUT2D eigenvalue weighted by Gasteiger charge is -2.09. The molecule has 2 N–H and O–H groups in total. The van der Waals surface area contributed by atoms with Gasteiger partial charge < -0.3 is 10.6 Å². The number of nitrogens with zero attached hydrogens (tertiary/aromatic N) is 2. The number of hydrogen-bond donors (Lipinski definition) is 2. The lowest BCUT2D eigenvalue weighted by atomic mass is 10.1. The highest BCUT2D eigenvalue weighted by molar-refractivity contribution is 5.95. The molecular formula is C18H25ClN4O. The van der Waals surface area contributed by atoms with Gasteiger partial charge in [-0.2, -0.15) is 5.10 Å². The van der Waals surface area contributed by atoms with E-state index in [2.05, 4.69) is 22.7 Å². The summed E-state index contributed by atoms with van der Waals surface area (Å²) in [6.07, 6.45) is 5.08. The first-order valence-corrected chi connectivity index (χ1v) is 8.43. The number of carbonyl (C=O) groups is 1. The lowest BCUT2D eigenvalue weighted by Crippen LogP contribution is -2.32. The van der Waals surface area contributed by atoms with Gasteiger partial charge in [-0.05, 0) is 37.9 Å². The van der Waals surface area contributed by atoms with Crippen LogP contribution in [0.5, 0.6) is 0 Å². The van der Waals surface area contributed by atoms with Crippen LogP contribution in [0, 0.1) is 0 Å². The summed E-state index contributed by atoms with van der Waals surface area (Å²) < 4.78 is 1.92. The molecule has 0 spiro atoms. The second kappa shape index (κ2) is 8.85. The van der Waals surface area contributed by atoms with Gasteiger partial charge in [-0.25, -0.2) is 4.68 Å². The summed E-state index contributed by atoms with van der Waals surface area (Å²) in [5.74, 6) is 0.434. The van der Waals surface area contributed by atoms with Crippen molar-refractivity contribution in [1.82, 2.24) is 20.4 Å². The van der Waals surface area contributed by atoms with Crippen molar-refractivity contribution >= 4 is 18.3 Å². The third-order valence-electron chi connectivity index (χ3n) is 4.03. The van der Waals surface area contributed by atoms with Crippen LogP contribution < -0.4 is 10.6 Å². The standard InChI is InChI=1S/C18H24N4O.ClH/c1-2-10-19-11-12-20-18(23)16-13-21-22(17(16)14-8-9-14)15-6-4-3-5-7-15;/h3-7,13-14,19H,2,8-12H2,1H3,(H,20,23);1H. The molecule has 1 amide bonds. The van der Waals surface area contributed by atoms with E-state index in [-0.39, 0.29) is 18.3 Å². The Morgan fingerprint density at radius 3 is 2.62 bits per heavy atom. The number of carbonyl (C=O) groups excluding carboxylic acids is 1. The molecule has 1 aliphatic carbocycles. The van der Waals surface area contributed by atoms with Crippen LogP contribution in [0.2, 0.25) is 0 Å². The molecule has 1 aromatic carbocycles. The average molecular weight is 349 g/mol. The number of para-hydroxylation sites is 1. The fourth-order valence-electron chi connectivity index (χ4n) is 2.72. The zero-order valence-corrected chi connectivity index (χ0v) is 14.8. The number of halogens is 1. The fraction of sp³-hybridized carbons (Fsp3) is 0.444. The second-order valence-electron chi connectivity index (χ2n) is 5.97. The molecule has 1 aromatic heterocycles. The van der Waals surface area contributed by atoms with E-state index in [4.69, 9.17) is 0 Å². The van der Waals surface area contributed by atoms with Crippen LogP contribution in [0.1, 0.15) is 48.2 Å². The van der Waals surface area contributed by atoms with Gasteiger partial charge in [0, 0.05) is 19.0 Å². The molecule has 130 valence electrons. The van der Waals surface area contributed by atoms with Crippen molar-refractivity contribution in [3.05, 3.63) is 47.8 Å². The molecule has 0 unspecified atom stereocenters. The van der Waals surface area contributed by atoms with E-state index in [0.717, 1.165) is 43.7 Å².